The minimum Gasteiger partial charge on any atom is -0.340 e. The standard InChI is InChI=1S/C26H51N.C24BF20/c1-5-9-17-25(19-13-11-14-20-25)23(7-3)27-24(8-4)26(18-10-6-2)21-15-12-16-22-26;26-5-1(6(27)14(35)21(42)13(5)34)25(2-7(28)15(36)22(43)16(37)8(2)29,3-9(30)17(38)23(44)18(39)10(3)31)4-11(32)19(40)24(45)20(41)12(4)33/h23-24,27H,5-22H2,1-4H3;/q;-1/p+1. The second kappa shape index (κ2) is 23.4. The summed E-state index contributed by atoms with van der Waals surface area (Å²) in [5.74, 6) is -71.4. The molecule has 0 aliphatic heterocycles. The van der Waals surface area contributed by atoms with Crippen molar-refractivity contribution in [2.45, 2.75) is 155 Å². The largest absolute Gasteiger partial charge is 0.340 e. The van der Waals surface area contributed by atoms with Crippen LogP contribution in [0.4, 0.5) is 87.8 Å². The minimum atomic E-state index is -7.22. The van der Waals surface area contributed by atoms with Crippen molar-refractivity contribution in [2.75, 3.05) is 0 Å². The Morgan fingerprint density at radius 2 is 0.514 bits per heavy atom. The molecule has 2 fully saturated rings. The van der Waals surface area contributed by atoms with Crippen molar-refractivity contribution in [3.05, 3.63) is 116 Å². The molecule has 4 aromatic rings. The molecule has 0 bridgehead atoms. The molecule has 400 valence electrons. The quantitative estimate of drug-likeness (QED) is 0.0498. The van der Waals surface area contributed by atoms with E-state index in [1.54, 1.807) is 0 Å². The summed E-state index contributed by atoms with van der Waals surface area (Å²) in [5.41, 5.74) is -13.0. The molecule has 6 rings (SSSR count). The van der Waals surface area contributed by atoms with Crippen LogP contribution in [0, 0.1) is 127 Å². The Kier molecular flexibility index (Phi) is 19.0. The lowest BCUT2D eigenvalue weighted by Gasteiger charge is -2.48. The Bertz CT molecular complexity index is 2190. The second-order valence-electron chi connectivity index (χ2n) is 19.1. The van der Waals surface area contributed by atoms with Gasteiger partial charge in [0.25, 0.3) is 0 Å². The first-order valence-electron chi connectivity index (χ1n) is 23.9. The maximum absolute atomic E-state index is 15.4. The highest BCUT2D eigenvalue weighted by Crippen LogP contribution is 2.46. The van der Waals surface area contributed by atoms with Crippen molar-refractivity contribution in [3.8, 4) is 0 Å². The van der Waals surface area contributed by atoms with Gasteiger partial charge in [-0.15, -0.1) is 21.9 Å². The van der Waals surface area contributed by atoms with Crippen molar-refractivity contribution < 1.29 is 93.1 Å². The van der Waals surface area contributed by atoms with Crippen molar-refractivity contribution in [1.82, 2.24) is 0 Å². The van der Waals surface area contributed by atoms with Crippen molar-refractivity contribution >= 4 is 28.0 Å². The highest BCUT2D eigenvalue weighted by molar-refractivity contribution is 7.20. The van der Waals surface area contributed by atoms with E-state index in [1.807, 2.05) is 0 Å². The van der Waals surface area contributed by atoms with E-state index in [-0.39, 0.29) is 0 Å². The Hall–Kier alpha value is -4.50. The van der Waals surface area contributed by atoms with E-state index in [2.05, 4.69) is 33.0 Å². The zero-order chi connectivity index (χ0) is 53.9. The smallest absolute Gasteiger partial charge is 0.200 e. The molecule has 0 radical (unpaired) electrons. The summed E-state index contributed by atoms with van der Waals surface area (Å²) in [6.45, 7) is 9.77. The van der Waals surface area contributed by atoms with Crippen LogP contribution in [0.25, 0.3) is 0 Å². The number of hydrogen-bond acceptors (Lipinski definition) is 0. The van der Waals surface area contributed by atoms with Gasteiger partial charge in [-0.1, -0.05) is 91.9 Å². The molecule has 0 heterocycles. The molecule has 2 atom stereocenters. The minimum absolute atomic E-state index is 0.650. The fourth-order valence-electron chi connectivity index (χ4n) is 11.9. The van der Waals surface area contributed by atoms with E-state index < -0.39 is 144 Å². The Morgan fingerprint density at radius 3 is 0.694 bits per heavy atom. The molecule has 2 N–H and O–H groups in total. The van der Waals surface area contributed by atoms with Crippen LogP contribution in [0.5, 0.6) is 0 Å². The number of nitrogens with two attached hydrogens (primary N) is 1. The highest BCUT2D eigenvalue weighted by atomic mass is 19.2. The van der Waals surface area contributed by atoms with Crippen molar-refractivity contribution in [3.63, 3.8) is 0 Å². The lowest BCUT2D eigenvalue weighted by atomic mass is 9.12. The molecule has 2 unspecified atom stereocenters. The second-order valence-corrected chi connectivity index (χ2v) is 19.1. The molecular weight excluding hydrogens is 1010 g/mol. The summed E-state index contributed by atoms with van der Waals surface area (Å²) in [7, 11) is 0. The third-order valence-corrected chi connectivity index (χ3v) is 15.4. The summed E-state index contributed by atoms with van der Waals surface area (Å²) in [4.78, 5) is 0. The summed E-state index contributed by atoms with van der Waals surface area (Å²) in [6.07, 6.45) is 19.2. The van der Waals surface area contributed by atoms with E-state index in [0.29, 0.717) is 10.8 Å². The van der Waals surface area contributed by atoms with E-state index in [9.17, 15) is 52.7 Å². The van der Waals surface area contributed by atoms with Crippen LogP contribution in [-0.2, 0) is 0 Å². The van der Waals surface area contributed by atoms with Crippen LogP contribution in [0.2, 0.25) is 0 Å². The zero-order valence-electron chi connectivity index (χ0n) is 39.6. The summed E-state index contributed by atoms with van der Waals surface area (Å²) >= 11 is 0. The number of halogens is 20. The first-order valence-corrected chi connectivity index (χ1v) is 23.9. The topological polar surface area (TPSA) is 16.6 Å². The Morgan fingerprint density at radius 1 is 0.319 bits per heavy atom. The number of hydrogen-bond donors (Lipinski definition) is 1. The molecule has 0 spiro atoms. The van der Waals surface area contributed by atoms with Gasteiger partial charge in [0.05, 0.1) is 12.1 Å². The van der Waals surface area contributed by atoms with Gasteiger partial charge in [-0.25, -0.2) is 87.8 Å². The monoisotopic (exact) mass is 1060 g/mol. The fraction of sp³-hybridized carbons (Fsp3) is 0.520. The third kappa shape index (κ3) is 9.95. The van der Waals surface area contributed by atoms with E-state index in [4.69, 9.17) is 0 Å². The van der Waals surface area contributed by atoms with Gasteiger partial charge in [0.1, 0.15) is 52.7 Å². The van der Waals surface area contributed by atoms with Crippen molar-refractivity contribution in [2.24, 2.45) is 10.8 Å². The average molecular weight is 1060 g/mol. The number of rotatable bonds is 16. The van der Waals surface area contributed by atoms with Crippen LogP contribution < -0.4 is 27.2 Å². The van der Waals surface area contributed by atoms with Gasteiger partial charge < -0.3 is 5.32 Å². The molecule has 0 aromatic heterocycles. The molecule has 2 saturated carbocycles. The Balaban J connectivity index is 0.000000304. The molecule has 0 amide bonds. The summed E-state index contributed by atoms with van der Waals surface area (Å²) in [6, 6.07) is 1.74. The van der Waals surface area contributed by atoms with Crippen LogP contribution >= 0.6 is 0 Å². The van der Waals surface area contributed by atoms with Gasteiger partial charge in [-0.3, -0.25) is 0 Å². The fourth-order valence-corrected chi connectivity index (χ4v) is 11.9. The normalized spacial score (nSPS) is 16.7. The number of quaternary nitrogens is 1. The van der Waals surface area contributed by atoms with Crippen LogP contribution in [0.15, 0.2) is 0 Å². The van der Waals surface area contributed by atoms with Crippen molar-refractivity contribution in [1.29, 1.82) is 0 Å². The SMILES string of the molecule is CCCCC1(C(CC)[NH2+]C(CC)C2(CCCC)CCCCC2)CCCCC1.Fc1c(F)c(F)c([B-](c2c(F)c(F)c(F)c(F)c2F)(c2c(F)c(F)c(F)c(F)c2F)c2c(F)c(F)c(F)c(F)c2F)c(F)c1F. The molecule has 2 aliphatic carbocycles. The van der Waals surface area contributed by atoms with Crippen LogP contribution in [-0.4, -0.2) is 18.2 Å². The lowest BCUT2D eigenvalue weighted by Crippen LogP contribution is -3.00. The van der Waals surface area contributed by atoms with Gasteiger partial charge >= 0.3 is 0 Å². The number of benzene rings is 4. The molecule has 1 nitrogen and oxygen atoms in total. The van der Waals surface area contributed by atoms with E-state index >= 15 is 35.1 Å². The highest BCUT2D eigenvalue weighted by Gasteiger charge is 2.53. The first-order chi connectivity index (χ1) is 33.9. The van der Waals surface area contributed by atoms with Crippen LogP contribution in [0.1, 0.15) is 143 Å². The maximum Gasteiger partial charge on any atom is 0.200 e. The Labute approximate surface area is 403 Å². The van der Waals surface area contributed by atoms with Gasteiger partial charge in [0.15, 0.2) is 69.8 Å². The lowest BCUT2D eigenvalue weighted by molar-refractivity contribution is -0.748. The predicted molar refractivity (Wildman–Crippen MR) is 229 cm³/mol. The van der Waals surface area contributed by atoms with Gasteiger partial charge in [-0.05, 0) is 51.4 Å². The summed E-state index contributed by atoms with van der Waals surface area (Å²) < 4.78 is 294. The third-order valence-electron chi connectivity index (χ3n) is 15.4. The van der Waals surface area contributed by atoms with Gasteiger partial charge in [-0.2, -0.15) is 0 Å². The van der Waals surface area contributed by atoms with Crippen LogP contribution in [0.3, 0.4) is 0 Å². The molecule has 22 heteroatoms. The predicted octanol–water partition coefficient (Wildman–Crippen LogP) is 13.2. The maximum atomic E-state index is 15.4. The molecule has 2 aliphatic rings. The van der Waals surface area contributed by atoms with E-state index in [0.717, 1.165) is 12.1 Å². The average Bonchev–Trinajstić information content (AvgIpc) is 3.38. The zero-order valence-corrected chi connectivity index (χ0v) is 39.6. The molecule has 72 heavy (non-hydrogen) atoms. The van der Waals surface area contributed by atoms with Gasteiger partial charge in [0, 0.05) is 10.8 Å². The summed E-state index contributed by atoms with van der Waals surface area (Å²) in [5, 5.41) is 2.97. The molecular formula is C50H52BF20N. The molecule has 4 aromatic carbocycles. The van der Waals surface area contributed by atoms with Gasteiger partial charge in [0.2, 0.25) is 0 Å². The van der Waals surface area contributed by atoms with E-state index in [1.165, 1.54) is 116 Å². The number of unbranched alkanes of at least 4 members (excludes halogenated alkanes) is 2. The molecule has 0 saturated heterocycles. The first kappa shape index (κ1) is 58.4.